The van der Waals surface area contributed by atoms with Crippen molar-refractivity contribution in [1.82, 2.24) is 0 Å². The molecule has 0 aliphatic heterocycles. The number of aliphatic carboxylic acids is 4. The number of carbonyl (C=O) groups excluding carboxylic acids is 4. The molecule has 0 aliphatic carbocycles. The van der Waals surface area contributed by atoms with Crippen LogP contribution in [0.5, 0.6) is 0 Å². The van der Waals surface area contributed by atoms with Crippen LogP contribution >= 0.6 is 0 Å². The highest BCUT2D eigenvalue weighted by Crippen LogP contribution is 2.15. The maximum absolute atomic E-state index is 10.9. The van der Waals surface area contributed by atoms with Gasteiger partial charge in [-0.05, 0) is 16.7 Å². The SMILES string of the molecule is COC(=O)CC(N)c1ccccc1.COC(=O)C[C@H](N)c1ccccc1.NC(CC(=O)O)c1ccccc1.O=C(O)[C@H](O)[C@@H](O)C(=O)O.O=COCC(=O)O.O=Cc1ccccc1. The molecule has 12 N–H and O–H groups in total. The van der Waals surface area contributed by atoms with Gasteiger partial charge in [-0.2, -0.15) is 0 Å². The number of aliphatic hydroxyl groups is 2. The molecule has 0 radical (unpaired) electrons. The maximum atomic E-state index is 10.9. The number of esters is 2. The van der Waals surface area contributed by atoms with E-state index in [1.54, 1.807) is 12.1 Å². The first-order valence-electron chi connectivity index (χ1n) is 18.2. The van der Waals surface area contributed by atoms with E-state index in [0.717, 1.165) is 28.5 Å². The second-order valence-electron chi connectivity index (χ2n) is 12.1. The standard InChI is InChI=1S/2C10H13NO2.C9H11NO2.C7H6O.C4H6O6.C3H4O4/c2*1-13-10(12)7-9(11)8-5-3-2-4-6-8;10-8(6-9(11)12)7-4-2-1-3-5-7;8-6-7-4-2-1-3-5-7;5-1(3(7)8)2(6)4(9)10;4-2-7-1-3(5)6/h2*2-6,9H,7,11H2,1H3;1-5,8H,6,10H2,(H,11,12);1-6H;1-2,5-6H,(H,7,8)(H,9,10);2H,1H2,(H,5,6)/t9-;;;;1-,2-;/m0...1./s1. The molecule has 4 rings (SSSR count). The van der Waals surface area contributed by atoms with Crippen LogP contribution in [0, 0.1) is 0 Å². The van der Waals surface area contributed by atoms with E-state index >= 15 is 0 Å². The first-order chi connectivity index (χ1) is 29.8. The van der Waals surface area contributed by atoms with Crippen LogP contribution < -0.4 is 17.2 Å². The highest BCUT2D eigenvalue weighted by molar-refractivity contribution is 5.83. The van der Waals surface area contributed by atoms with Gasteiger partial charge in [0.05, 0.1) is 33.5 Å². The summed E-state index contributed by atoms with van der Waals surface area (Å²) in [5.41, 5.74) is 20.7. The third kappa shape index (κ3) is 30.3. The Balaban J connectivity index is 0. The van der Waals surface area contributed by atoms with Crippen molar-refractivity contribution in [2.75, 3.05) is 20.8 Å². The van der Waals surface area contributed by atoms with Crippen molar-refractivity contribution < 1.29 is 83.2 Å². The van der Waals surface area contributed by atoms with Crippen molar-refractivity contribution in [3.63, 3.8) is 0 Å². The lowest BCUT2D eigenvalue weighted by atomic mass is 10.1. The summed E-state index contributed by atoms with van der Waals surface area (Å²) in [4.78, 5) is 80.3. The van der Waals surface area contributed by atoms with Crippen LogP contribution in [0.15, 0.2) is 121 Å². The number of hydrogen-bond donors (Lipinski definition) is 9. The minimum absolute atomic E-state index is 0.0238. The summed E-state index contributed by atoms with van der Waals surface area (Å²) in [5.74, 6) is -6.11. The molecule has 0 aromatic heterocycles. The van der Waals surface area contributed by atoms with Gasteiger partial charge in [0, 0.05) is 23.7 Å². The number of benzene rings is 4. The summed E-state index contributed by atoms with van der Waals surface area (Å²) in [6.45, 7) is -0.461. The smallest absolute Gasteiger partial charge is 0.341 e. The predicted molar refractivity (Wildman–Crippen MR) is 224 cm³/mol. The monoisotopic (exact) mass is 883 g/mol. The van der Waals surface area contributed by atoms with Crippen LogP contribution in [0.25, 0.3) is 0 Å². The van der Waals surface area contributed by atoms with E-state index in [4.69, 9.17) is 47.8 Å². The Morgan fingerprint density at radius 2 is 0.810 bits per heavy atom. The Morgan fingerprint density at radius 1 is 0.508 bits per heavy atom. The zero-order chi connectivity index (χ0) is 48.2. The van der Waals surface area contributed by atoms with E-state index in [1.165, 1.54) is 14.2 Å². The summed E-state index contributed by atoms with van der Waals surface area (Å²) >= 11 is 0. The molecule has 0 fully saturated rings. The second-order valence-corrected chi connectivity index (χ2v) is 12.1. The molecular weight excluding hydrogens is 830 g/mol. The summed E-state index contributed by atoms with van der Waals surface area (Å²) < 4.78 is 12.9. The Labute approximate surface area is 362 Å². The van der Waals surface area contributed by atoms with Gasteiger partial charge >= 0.3 is 35.8 Å². The summed E-state index contributed by atoms with van der Waals surface area (Å²) in [5, 5.41) is 48.8. The van der Waals surface area contributed by atoms with Gasteiger partial charge in [0.2, 0.25) is 0 Å². The number of carbonyl (C=O) groups is 8. The van der Waals surface area contributed by atoms with Crippen LogP contribution in [0.3, 0.4) is 0 Å². The lowest BCUT2D eigenvalue weighted by Crippen LogP contribution is -2.39. The highest BCUT2D eigenvalue weighted by Gasteiger charge is 2.29. The molecule has 20 nitrogen and oxygen atoms in total. The first kappa shape index (κ1) is 57.7. The van der Waals surface area contributed by atoms with Gasteiger partial charge in [-0.3, -0.25) is 24.0 Å². The lowest BCUT2D eigenvalue weighted by Gasteiger charge is -2.09. The Kier molecular flexibility index (Phi) is 32.4. The van der Waals surface area contributed by atoms with Crippen LogP contribution in [0.2, 0.25) is 0 Å². The fraction of sp³-hybridized carbons (Fsp3) is 0.256. The number of carboxylic acid groups (broad SMARTS) is 4. The quantitative estimate of drug-likeness (QED) is 0.0442. The van der Waals surface area contributed by atoms with E-state index in [0.29, 0.717) is 0 Å². The first-order valence-corrected chi connectivity index (χ1v) is 18.2. The molecule has 2 unspecified atom stereocenters. The van der Waals surface area contributed by atoms with E-state index in [1.807, 2.05) is 109 Å². The average Bonchev–Trinajstić information content (AvgIpc) is 3.29. The minimum atomic E-state index is -2.27. The molecule has 0 saturated carbocycles. The molecule has 0 heterocycles. The molecule has 0 spiro atoms. The van der Waals surface area contributed by atoms with Gasteiger partial charge in [-0.1, -0.05) is 121 Å². The van der Waals surface area contributed by atoms with Crippen molar-refractivity contribution in [3.8, 4) is 0 Å². The van der Waals surface area contributed by atoms with Crippen molar-refractivity contribution in [1.29, 1.82) is 0 Å². The molecule has 5 atom stereocenters. The van der Waals surface area contributed by atoms with Gasteiger partial charge < -0.3 is 62.1 Å². The number of rotatable bonds is 16. The van der Waals surface area contributed by atoms with Gasteiger partial charge in [0.15, 0.2) is 18.8 Å². The van der Waals surface area contributed by atoms with Crippen LogP contribution in [-0.4, -0.2) is 112 Å². The van der Waals surface area contributed by atoms with Gasteiger partial charge in [-0.25, -0.2) is 14.4 Å². The topological polar surface area (TPSA) is 364 Å². The molecule has 0 amide bonds. The lowest BCUT2D eigenvalue weighted by molar-refractivity contribution is -0.165. The molecular formula is C43H53N3O17. The zero-order valence-corrected chi connectivity index (χ0v) is 34.3. The third-order valence-electron chi connectivity index (χ3n) is 7.32. The van der Waals surface area contributed by atoms with Gasteiger partial charge in [0.25, 0.3) is 6.47 Å². The normalized spacial score (nSPS) is 11.8. The van der Waals surface area contributed by atoms with Gasteiger partial charge in [-0.15, -0.1) is 0 Å². The number of hydrogen-bond acceptors (Lipinski definition) is 16. The van der Waals surface area contributed by atoms with Crippen molar-refractivity contribution in [2.24, 2.45) is 17.2 Å². The third-order valence-corrected chi connectivity index (χ3v) is 7.32. The number of nitrogens with two attached hydrogens (primary N) is 3. The summed E-state index contributed by atoms with van der Waals surface area (Å²) in [7, 11) is 2.72. The highest BCUT2D eigenvalue weighted by atomic mass is 16.5. The molecule has 4 aromatic rings. The summed E-state index contributed by atoms with van der Waals surface area (Å²) in [6, 6.07) is 36.4. The van der Waals surface area contributed by atoms with E-state index in [-0.39, 0.29) is 49.8 Å². The van der Waals surface area contributed by atoms with Crippen LogP contribution in [0.1, 0.15) is 64.4 Å². The van der Waals surface area contributed by atoms with Crippen LogP contribution in [-0.2, 0) is 47.8 Å². The van der Waals surface area contributed by atoms with E-state index < -0.39 is 48.7 Å². The average molecular weight is 884 g/mol. The Hall–Kier alpha value is -7.36. The summed E-state index contributed by atoms with van der Waals surface area (Å²) in [6.07, 6.45) is -3.28. The molecule has 0 aliphatic rings. The Bertz CT molecular complexity index is 1830. The van der Waals surface area contributed by atoms with Gasteiger partial charge in [0.1, 0.15) is 6.29 Å². The van der Waals surface area contributed by atoms with E-state index in [2.05, 4.69) is 14.2 Å². The molecule has 4 aromatic carbocycles. The fourth-order valence-corrected chi connectivity index (χ4v) is 4.08. The predicted octanol–water partition coefficient (Wildman–Crippen LogP) is 2.28. The van der Waals surface area contributed by atoms with Crippen LogP contribution in [0.4, 0.5) is 0 Å². The molecule has 342 valence electrons. The second kappa shape index (κ2) is 35.4. The number of methoxy groups -OCH3 is 2. The number of ether oxygens (including phenoxy) is 3. The molecule has 0 bridgehead atoms. The minimum Gasteiger partial charge on any atom is -0.481 e. The zero-order valence-electron chi connectivity index (χ0n) is 34.3. The van der Waals surface area contributed by atoms with Crippen molar-refractivity contribution in [3.05, 3.63) is 144 Å². The number of aliphatic hydroxyl groups excluding tert-OH is 2. The Morgan fingerprint density at radius 3 is 1.02 bits per heavy atom. The molecule has 63 heavy (non-hydrogen) atoms. The largest absolute Gasteiger partial charge is 0.481 e. The number of aldehydes is 1. The van der Waals surface area contributed by atoms with E-state index in [9.17, 15) is 38.4 Å². The van der Waals surface area contributed by atoms with Crippen molar-refractivity contribution >= 4 is 48.6 Å². The van der Waals surface area contributed by atoms with Crippen molar-refractivity contribution in [2.45, 2.75) is 49.6 Å². The molecule has 0 saturated heterocycles. The fourth-order valence-electron chi connectivity index (χ4n) is 4.08. The molecule has 20 heteroatoms. The number of carboxylic acids is 4. The maximum Gasteiger partial charge on any atom is 0.341 e.